The number of allylic oxidation sites excluding steroid dienone is 1. The van der Waals surface area contributed by atoms with Crippen LogP contribution in [0, 0.1) is 5.92 Å². The van der Waals surface area contributed by atoms with E-state index in [4.69, 9.17) is 4.74 Å². The molecule has 0 N–H and O–H groups in total. The second-order valence-corrected chi connectivity index (χ2v) is 4.60. The quantitative estimate of drug-likeness (QED) is 0.541. The van der Waals surface area contributed by atoms with Gasteiger partial charge in [-0.05, 0) is 45.7 Å². The maximum atomic E-state index is 11.9. The number of carbonyl (C=O) groups excluding carboxylic acids is 1. The number of likely N-dealkylation sites (tertiary alicyclic amines) is 1. The maximum Gasteiger partial charge on any atom is 0.310 e. The third kappa shape index (κ3) is 2.46. The van der Waals surface area contributed by atoms with Crippen LogP contribution >= 0.6 is 0 Å². The Balaban J connectivity index is 2.03. The number of esters is 1. The smallest absolute Gasteiger partial charge is 0.310 e. The minimum absolute atomic E-state index is 0.0104. The van der Waals surface area contributed by atoms with Gasteiger partial charge in [0.1, 0.15) is 0 Å². The molecule has 2 unspecified atom stereocenters. The number of nitrogens with zero attached hydrogens (tertiary/aromatic N) is 1. The van der Waals surface area contributed by atoms with Gasteiger partial charge >= 0.3 is 5.97 Å². The normalized spacial score (nSPS) is 30.6. The number of ether oxygens (including phenoxy) is 1. The molecule has 0 radical (unpaired) electrons. The second kappa shape index (κ2) is 5.48. The molecule has 2 atom stereocenters. The van der Waals surface area contributed by atoms with Crippen LogP contribution in [0.4, 0.5) is 0 Å². The summed E-state index contributed by atoms with van der Waals surface area (Å²) in [5, 5.41) is 0. The first-order valence-electron chi connectivity index (χ1n) is 6.40. The molecular weight excluding hydrogens is 202 g/mol. The zero-order valence-electron chi connectivity index (χ0n) is 10.0. The largest absolute Gasteiger partial charge is 0.466 e. The fourth-order valence-electron chi connectivity index (χ4n) is 2.74. The lowest BCUT2D eigenvalue weighted by Crippen LogP contribution is -2.42. The summed E-state index contributed by atoms with van der Waals surface area (Å²) in [6.45, 7) is 4.63. The van der Waals surface area contributed by atoms with Crippen molar-refractivity contribution in [2.45, 2.75) is 38.6 Å². The van der Waals surface area contributed by atoms with Crippen LogP contribution in [-0.2, 0) is 9.53 Å². The fourth-order valence-corrected chi connectivity index (χ4v) is 2.74. The summed E-state index contributed by atoms with van der Waals surface area (Å²) in [4.78, 5) is 14.3. The monoisotopic (exact) mass is 223 g/mol. The molecule has 1 fully saturated rings. The van der Waals surface area contributed by atoms with Crippen LogP contribution in [0.1, 0.15) is 32.6 Å². The average molecular weight is 223 g/mol. The van der Waals surface area contributed by atoms with E-state index in [-0.39, 0.29) is 17.9 Å². The number of rotatable bonds is 3. The first-order chi connectivity index (χ1) is 7.83. The third-order valence-corrected chi connectivity index (χ3v) is 3.54. The summed E-state index contributed by atoms with van der Waals surface area (Å²) in [5.41, 5.74) is 0. The van der Waals surface area contributed by atoms with Crippen molar-refractivity contribution in [2.24, 2.45) is 5.92 Å². The van der Waals surface area contributed by atoms with Crippen LogP contribution in [0.25, 0.3) is 0 Å². The highest BCUT2D eigenvalue weighted by molar-refractivity contribution is 5.74. The number of hydrogen-bond acceptors (Lipinski definition) is 3. The van der Waals surface area contributed by atoms with Gasteiger partial charge in [-0.25, -0.2) is 0 Å². The van der Waals surface area contributed by atoms with Crippen LogP contribution in [0.15, 0.2) is 12.2 Å². The molecule has 2 aliphatic rings. The van der Waals surface area contributed by atoms with Gasteiger partial charge < -0.3 is 4.74 Å². The molecule has 0 saturated carbocycles. The summed E-state index contributed by atoms with van der Waals surface area (Å²) in [6, 6.07) is 0.287. The Hall–Kier alpha value is -0.830. The van der Waals surface area contributed by atoms with E-state index < -0.39 is 0 Å². The standard InChI is InChI=1S/C13H21NO2/c1-2-16-13(15)11-7-3-4-8-12(11)14-9-5-6-10-14/h4,8,11-12H,2-3,5-7,9-10H2,1H3. The lowest BCUT2D eigenvalue weighted by Gasteiger charge is -2.33. The van der Waals surface area contributed by atoms with Gasteiger partial charge in [-0.1, -0.05) is 12.2 Å². The Morgan fingerprint density at radius 3 is 2.88 bits per heavy atom. The van der Waals surface area contributed by atoms with Crippen molar-refractivity contribution in [1.29, 1.82) is 0 Å². The molecule has 0 aromatic rings. The summed E-state index contributed by atoms with van der Waals surface area (Å²) < 4.78 is 5.17. The van der Waals surface area contributed by atoms with Crippen LogP contribution in [0.2, 0.25) is 0 Å². The second-order valence-electron chi connectivity index (χ2n) is 4.60. The highest BCUT2D eigenvalue weighted by Crippen LogP contribution is 2.27. The maximum absolute atomic E-state index is 11.9. The Morgan fingerprint density at radius 2 is 2.19 bits per heavy atom. The number of hydrogen-bond donors (Lipinski definition) is 0. The lowest BCUT2D eigenvalue weighted by molar-refractivity contribution is -0.150. The summed E-state index contributed by atoms with van der Waals surface area (Å²) in [5.74, 6) is 0.0480. The first-order valence-corrected chi connectivity index (χ1v) is 6.40. The summed E-state index contributed by atoms with van der Waals surface area (Å²) in [7, 11) is 0. The first kappa shape index (κ1) is 11.6. The van der Waals surface area contributed by atoms with E-state index in [1.165, 1.54) is 12.8 Å². The van der Waals surface area contributed by atoms with E-state index in [1.54, 1.807) is 0 Å². The van der Waals surface area contributed by atoms with Crippen molar-refractivity contribution in [2.75, 3.05) is 19.7 Å². The fraction of sp³-hybridized carbons (Fsp3) is 0.769. The van der Waals surface area contributed by atoms with Crippen molar-refractivity contribution >= 4 is 5.97 Å². The molecular formula is C13H21NO2. The molecule has 0 aromatic heterocycles. The molecule has 1 aliphatic heterocycles. The molecule has 2 rings (SSSR count). The molecule has 90 valence electrons. The predicted molar refractivity (Wildman–Crippen MR) is 63.1 cm³/mol. The Bertz CT molecular complexity index is 269. The molecule has 3 heteroatoms. The van der Waals surface area contributed by atoms with Gasteiger partial charge in [-0.3, -0.25) is 9.69 Å². The zero-order valence-corrected chi connectivity index (χ0v) is 10.0. The molecule has 1 aliphatic carbocycles. The van der Waals surface area contributed by atoms with Gasteiger partial charge in [0.25, 0.3) is 0 Å². The molecule has 1 heterocycles. The van der Waals surface area contributed by atoms with Gasteiger partial charge in [0.05, 0.1) is 12.5 Å². The molecule has 0 aromatic carbocycles. The number of carbonyl (C=O) groups is 1. The van der Waals surface area contributed by atoms with E-state index in [2.05, 4.69) is 17.1 Å². The molecule has 0 bridgehead atoms. The molecule has 3 nitrogen and oxygen atoms in total. The third-order valence-electron chi connectivity index (χ3n) is 3.54. The predicted octanol–water partition coefficient (Wildman–Crippen LogP) is 1.98. The van der Waals surface area contributed by atoms with Crippen molar-refractivity contribution in [3.63, 3.8) is 0 Å². The van der Waals surface area contributed by atoms with Gasteiger partial charge in [-0.2, -0.15) is 0 Å². The minimum Gasteiger partial charge on any atom is -0.466 e. The van der Waals surface area contributed by atoms with Crippen LogP contribution in [0.5, 0.6) is 0 Å². The minimum atomic E-state index is -0.0104. The SMILES string of the molecule is CCOC(=O)C1CCC=CC1N1CCCC1. The highest BCUT2D eigenvalue weighted by Gasteiger charge is 2.34. The van der Waals surface area contributed by atoms with Gasteiger partial charge in [0, 0.05) is 6.04 Å². The van der Waals surface area contributed by atoms with Crippen molar-refractivity contribution in [1.82, 2.24) is 4.90 Å². The van der Waals surface area contributed by atoms with Gasteiger partial charge in [0.15, 0.2) is 0 Å². The van der Waals surface area contributed by atoms with E-state index in [0.717, 1.165) is 25.9 Å². The van der Waals surface area contributed by atoms with Crippen LogP contribution < -0.4 is 0 Å². The summed E-state index contributed by atoms with van der Waals surface area (Å²) >= 11 is 0. The van der Waals surface area contributed by atoms with E-state index in [1.807, 2.05) is 6.92 Å². The zero-order chi connectivity index (χ0) is 11.4. The van der Waals surface area contributed by atoms with Crippen molar-refractivity contribution in [3.05, 3.63) is 12.2 Å². The van der Waals surface area contributed by atoms with E-state index >= 15 is 0 Å². The van der Waals surface area contributed by atoms with Gasteiger partial charge in [-0.15, -0.1) is 0 Å². The molecule has 1 saturated heterocycles. The highest BCUT2D eigenvalue weighted by atomic mass is 16.5. The molecule has 0 spiro atoms. The Morgan fingerprint density at radius 1 is 1.44 bits per heavy atom. The Labute approximate surface area is 97.5 Å². The van der Waals surface area contributed by atoms with E-state index in [0.29, 0.717) is 6.61 Å². The topological polar surface area (TPSA) is 29.5 Å². The average Bonchev–Trinajstić information content (AvgIpc) is 2.83. The molecule has 16 heavy (non-hydrogen) atoms. The Kier molecular flexibility index (Phi) is 3.99. The van der Waals surface area contributed by atoms with Crippen molar-refractivity contribution < 1.29 is 9.53 Å². The van der Waals surface area contributed by atoms with Crippen LogP contribution in [0.3, 0.4) is 0 Å². The lowest BCUT2D eigenvalue weighted by atomic mass is 9.88. The summed E-state index contributed by atoms with van der Waals surface area (Å²) in [6.07, 6.45) is 8.89. The van der Waals surface area contributed by atoms with Crippen LogP contribution in [-0.4, -0.2) is 36.6 Å². The van der Waals surface area contributed by atoms with E-state index in [9.17, 15) is 4.79 Å². The van der Waals surface area contributed by atoms with Crippen molar-refractivity contribution in [3.8, 4) is 0 Å². The molecule has 0 amide bonds. The van der Waals surface area contributed by atoms with Gasteiger partial charge in [0.2, 0.25) is 0 Å².